The van der Waals surface area contributed by atoms with E-state index >= 15 is 0 Å². The minimum absolute atomic E-state index is 0.458. The van der Waals surface area contributed by atoms with Gasteiger partial charge in [-0.15, -0.1) is 0 Å². The summed E-state index contributed by atoms with van der Waals surface area (Å²) in [6.07, 6.45) is -0.458. The molecule has 120 valence electrons. The largest absolute Gasteiger partial charge is 0.480 e. The summed E-state index contributed by atoms with van der Waals surface area (Å²) in [6, 6.07) is -4.37. The Morgan fingerprint density at radius 2 is 1.43 bits per heavy atom. The number of hydrogen-bond acceptors (Lipinski definition) is 7. The molecule has 0 saturated heterocycles. The lowest BCUT2D eigenvalue weighted by atomic mass is 10.1. The Balaban J connectivity index is 4.63. The van der Waals surface area contributed by atoms with Gasteiger partial charge in [-0.25, -0.2) is 4.79 Å². The number of rotatable bonds is 9. The van der Waals surface area contributed by atoms with Gasteiger partial charge in [-0.05, 0) is 0 Å². The molecular weight excluding hydrogens is 288 g/mol. The number of aliphatic hydroxyl groups excluding tert-OH is 2. The van der Waals surface area contributed by atoms with Crippen LogP contribution in [-0.2, 0) is 19.2 Å². The van der Waals surface area contributed by atoms with Crippen LogP contribution in [0, 0.1) is 0 Å². The normalized spacial score (nSPS) is 14.6. The molecule has 0 aliphatic heterocycles. The maximum atomic E-state index is 11.6. The first-order chi connectivity index (χ1) is 9.72. The number of hydrogen-bond donors (Lipinski definition) is 7. The smallest absolute Gasteiger partial charge is 0.328 e. The molecule has 0 aliphatic rings. The highest BCUT2D eigenvalue weighted by atomic mass is 16.4. The molecule has 0 aromatic carbocycles. The second-order valence-electron chi connectivity index (χ2n) is 4.10. The van der Waals surface area contributed by atoms with Gasteiger partial charge in [0.2, 0.25) is 17.7 Å². The highest BCUT2D eigenvalue weighted by molar-refractivity contribution is 5.93. The fourth-order valence-corrected chi connectivity index (χ4v) is 1.24. The number of nitrogens with two attached hydrogens (primary N) is 2. The number of carbonyl (C=O) groups is 4. The Labute approximate surface area is 119 Å². The average Bonchev–Trinajstić information content (AvgIpc) is 2.40. The second-order valence-corrected chi connectivity index (χ2v) is 4.10. The third-order valence-corrected chi connectivity index (χ3v) is 2.37. The lowest BCUT2D eigenvalue weighted by Gasteiger charge is -2.20. The summed E-state index contributed by atoms with van der Waals surface area (Å²) in [7, 11) is 0. The van der Waals surface area contributed by atoms with E-state index in [1.807, 2.05) is 10.6 Å². The molecule has 0 saturated carbocycles. The number of carboxylic acid groups (broad SMARTS) is 1. The van der Waals surface area contributed by atoms with Crippen LogP contribution in [-0.4, -0.2) is 70.3 Å². The van der Waals surface area contributed by atoms with Crippen molar-refractivity contribution in [3.8, 4) is 0 Å². The molecule has 0 aliphatic carbocycles. The summed E-state index contributed by atoms with van der Waals surface area (Å²) in [4.78, 5) is 44.4. The first-order valence-corrected chi connectivity index (χ1v) is 5.82. The van der Waals surface area contributed by atoms with Crippen molar-refractivity contribution in [2.75, 3.05) is 13.2 Å². The second kappa shape index (κ2) is 8.84. The lowest BCUT2D eigenvalue weighted by Crippen LogP contribution is -2.56. The van der Waals surface area contributed by atoms with Gasteiger partial charge in [0.1, 0.15) is 12.1 Å². The van der Waals surface area contributed by atoms with Crippen LogP contribution in [0.2, 0.25) is 0 Å². The molecule has 0 radical (unpaired) electrons. The SMILES string of the molecule is NC(=O)CC(N)C(=O)NC(CO)C(=O)NC(CO)C(=O)O. The Kier molecular flexibility index (Phi) is 7.89. The van der Waals surface area contributed by atoms with Crippen LogP contribution in [0.3, 0.4) is 0 Å². The molecule has 3 unspecified atom stereocenters. The van der Waals surface area contributed by atoms with Gasteiger partial charge < -0.3 is 37.4 Å². The summed E-state index contributed by atoms with van der Waals surface area (Å²) < 4.78 is 0. The van der Waals surface area contributed by atoms with Gasteiger partial charge in [-0.3, -0.25) is 14.4 Å². The van der Waals surface area contributed by atoms with Gasteiger partial charge >= 0.3 is 5.97 Å². The highest BCUT2D eigenvalue weighted by Crippen LogP contribution is 1.92. The van der Waals surface area contributed by atoms with Crippen molar-refractivity contribution in [3.63, 3.8) is 0 Å². The molecule has 9 N–H and O–H groups in total. The van der Waals surface area contributed by atoms with Gasteiger partial charge in [-0.1, -0.05) is 0 Å². The van der Waals surface area contributed by atoms with E-state index in [4.69, 9.17) is 26.8 Å². The summed E-state index contributed by atoms with van der Waals surface area (Å²) in [5.74, 6) is -4.26. The van der Waals surface area contributed by atoms with Crippen LogP contribution in [0.5, 0.6) is 0 Å². The van der Waals surface area contributed by atoms with Crippen molar-refractivity contribution < 1.29 is 34.5 Å². The highest BCUT2D eigenvalue weighted by Gasteiger charge is 2.27. The number of carboxylic acids is 1. The molecule has 0 rings (SSSR count). The molecule has 11 nitrogen and oxygen atoms in total. The standard InChI is InChI=1S/C10H18N4O7/c11-4(1-7(12)17)8(18)13-5(2-15)9(19)14-6(3-16)10(20)21/h4-6,15-16H,1-3,11H2,(H2,12,17)(H,13,18)(H,14,19)(H,20,21). The molecule has 0 heterocycles. The Morgan fingerprint density at radius 3 is 1.81 bits per heavy atom. The van der Waals surface area contributed by atoms with Gasteiger partial charge in [0.05, 0.1) is 25.7 Å². The maximum absolute atomic E-state index is 11.6. The summed E-state index contributed by atoms with van der Waals surface area (Å²) in [6.45, 7) is -1.70. The van der Waals surface area contributed by atoms with Crippen molar-refractivity contribution in [3.05, 3.63) is 0 Å². The number of aliphatic hydroxyl groups is 2. The maximum Gasteiger partial charge on any atom is 0.328 e. The monoisotopic (exact) mass is 306 g/mol. The zero-order valence-electron chi connectivity index (χ0n) is 11.0. The van der Waals surface area contributed by atoms with E-state index < -0.39 is 61.5 Å². The fourth-order valence-electron chi connectivity index (χ4n) is 1.24. The zero-order valence-corrected chi connectivity index (χ0v) is 11.0. The molecule has 3 amide bonds. The molecule has 0 aromatic rings. The number of nitrogens with one attached hydrogen (secondary N) is 2. The molecular formula is C10H18N4O7. The van der Waals surface area contributed by atoms with E-state index in [2.05, 4.69) is 0 Å². The van der Waals surface area contributed by atoms with Crippen molar-refractivity contribution in [2.24, 2.45) is 11.5 Å². The minimum atomic E-state index is -1.58. The van der Waals surface area contributed by atoms with E-state index in [-0.39, 0.29) is 0 Å². The Morgan fingerprint density at radius 1 is 0.952 bits per heavy atom. The quantitative estimate of drug-likeness (QED) is 0.219. The van der Waals surface area contributed by atoms with E-state index in [1.165, 1.54) is 0 Å². The number of carbonyl (C=O) groups excluding carboxylic acids is 3. The van der Waals surface area contributed by atoms with Crippen LogP contribution in [0.15, 0.2) is 0 Å². The van der Waals surface area contributed by atoms with Crippen molar-refractivity contribution in [1.29, 1.82) is 0 Å². The average molecular weight is 306 g/mol. The number of aliphatic carboxylic acids is 1. The minimum Gasteiger partial charge on any atom is -0.480 e. The van der Waals surface area contributed by atoms with E-state index in [0.717, 1.165) is 0 Å². The van der Waals surface area contributed by atoms with E-state index in [0.29, 0.717) is 0 Å². The lowest BCUT2D eigenvalue weighted by molar-refractivity contribution is -0.143. The first-order valence-electron chi connectivity index (χ1n) is 5.82. The van der Waals surface area contributed by atoms with Crippen LogP contribution < -0.4 is 22.1 Å². The molecule has 0 spiro atoms. The molecule has 0 bridgehead atoms. The summed E-state index contributed by atoms with van der Waals surface area (Å²) in [5.41, 5.74) is 10.2. The van der Waals surface area contributed by atoms with Gasteiger partial charge in [0, 0.05) is 0 Å². The molecule has 21 heavy (non-hydrogen) atoms. The molecule has 0 aromatic heterocycles. The summed E-state index contributed by atoms with van der Waals surface area (Å²) >= 11 is 0. The zero-order chi connectivity index (χ0) is 16.6. The molecule has 3 atom stereocenters. The third kappa shape index (κ3) is 6.65. The van der Waals surface area contributed by atoms with Crippen LogP contribution in [0.4, 0.5) is 0 Å². The van der Waals surface area contributed by atoms with Crippen molar-refractivity contribution in [2.45, 2.75) is 24.5 Å². The predicted octanol–water partition coefficient (Wildman–Crippen LogP) is -4.77. The van der Waals surface area contributed by atoms with Crippen LogP contribution >= 0.6 is 0 Å². The van der Waals surface area contributed by atoms with Crippen LogP contribution in [0.1, 0.15) is 6.42 Å². The first kappa shape index (κ1) is 18.8. The van der Waals surface area contributed by atoms with Crippen molar-refractivity contribution >= 4 is 23.7 Å². The topological polar surface area (TPSA) is 205 Å². The third-order valence-electron chi connectivity index (χ3n) is 2.37. The molecule has 11 heteroatoms. The van der Waals surface area contributed by atoms with Crippen molar-refractivity contribution in [1.82, 2.24) is 10.6 Å². The van der Waals surface area contributed by atoms with E-state index in [9.17, 15) is 19.2 Å². The number of primary amides is 1. The van der Waals surface area contributed by atoms with Gasteiger partial charge in [-0.2, -0.15) is 0 Å². The van der Waals surface area contributed by atoms with Crippen LogP contribution in [0.25, 0.3) is 0 Å². The predicted molar refractivity (Wildman–Crippen MR) is 67.5 cm³/mol. The Hall–Kier alpha value is -2.24. The Bertz CT molecular complexity index is 414. The number of amides is 3. The van der Waals surface area contributed by atoms with Gasteiger partial charge in [0.15, 0.2) is 0 Å². The molecule has 0 fully saturated rings. The summed E-state index contributed by atoms with van der Waals surface area (Å²) in [5, 5.41) is 30.4. The van der Waals surface area contributed by atoms with Gasteiger partial charge in [0.25, 0.3) is 0 Å². The fraction of sp³-hybridized carbons (Fsp3) is 0.600. The van der Waals surface area contributed by atoms with E-state index in [1.54, 1.807) is 0 Å².